The molecule has 0 saturated carbocycles. The predicted molar refractivity (Wildman–Crippen MR) is 196 cm³/mol. The standard InChI is InChI=1S/C44H49N2O/c1-5-7-13-25-44(4)36-21-19-30-15-10-12-17-32(30)40(36)46-27-23-38-34(42(44)46)28-33-37(47-38)22-26-45-39-31-16-11-9-14-29(31)18-20-35(39)43(3,41(33)45)24-8-6-2/h9-12,14-21,28,37-38H,5-8,13,22-27H2,1-4H3/q+1. The van der Waals surface area contributed by atoms with Gasteiger partial charge in [-0.1, -0.05) is 113 Å². The molecule has 0 aromatic heterocycles. The summed E-state index contributed by atoms with van der Waals surface area (Å²) in [4.78, 5) is 2.72. The van der Waals surface area contributed by atoms with Gasteiger partial charge in [0.25, 0.3) is 0 Å². The van der Waals surface area contributed by atoms with Gasteiger partial charge in [0.05, 0.1) is 28.7 Å². The van der Waals surface area contributed by atoms with Crippen LogP contribution >= 0.6 is 0 Å². The van der Waals surface area contributed by atoms with Crippen molar-refractivity contribution in [2.24, 2.45) is 0 Å². The van der Waals surface area contributed by atoms with Crippen LogP contribution in [0.5, 0.6) is 0 Å². The van der Waals surface area contributed by atoms with Gasteiger partial charge in [0.15, 0.2) is 12.3 Å². The number of hydrogen-bond donors (Lipinski definition) is 0. The Morgan fingerprint density at radius 2 is 1.45 bits per heavy atom. The molecule has 4 aromatic rings. The third kappa shape index (κ3) is 4.11. The van der Waals surface area contributed by atoms with E-state index in [2.05, 4.69) is 116 Å². The van der Waals surface area contributed by atoms with E-state index in [0.717, 1.165) is 25.9 Å². The highest BCUT2D eigenvalue weighted by Crippen LogP contribution is 2.58. The molecule has 0 aliphatic carbocycles. The van der Waals surface area contributed by atoms with Gasteiger partial charge >= 0.3 is 0 Å². The molecule has 47 heavy (non-hydrogen) atoms. The molecule has 0 N–H and O–H groups in total. The molecule has 9 rings (SSSR count). The van der Waals surface area contributed by atoms with E-state index in [-0.39, 0.29) is 23.0 Å². The van der Waals surface area contributed by atoms with Crippen molar-refractivity contribution in [2.45, 2.75) is 109 Å². The molecule has 3 heteroatoms. The summed E-state index contributed by atoms with van der Waals surface area (Å²) >= 11 is 0. The molecule has 5 heterocycles. The fourth-order valence-corrected chi connectivity index (χ4v) is 10.3. The van der Waals surface area contributed by atoms with E-state index in [1.165, 1.54) is 112 Å². The van der Waals surface area contributed by atoms with Gasteiger partial charge in [0.1, 0.15) is 0 Å². The molecule has 0 amide bonds. The molecule has 4 aromatic carbocycles. The zero-order valence-corrected chi connectivity index (χ0v) is 28.7. The molecule has 5 aliphatic rings. The van der Waals surface area contributed by atoms with Gasteiger partial charge < -0.3 is 9.64 Å². The Bertz CT molecular complexity index is 2030. The highest BCUT2D eigenvalue weighted by atomic mass is 16.5. The van der Waals surface area contributed by atoms with Crippen LogP contribution in [0.2, 0.25) is 0 Å². The van der Waals surface area contributed by atoms with Crippen molar-refractivity contribution in [1.29, 1.82) is 0 Å². The lowest BCUT2D eigenvalue weighted by molar-refractivity contribution is -0.443. The van der Waals surface area contributed by atoms with Crippen molar-refractivity contribution in [3.63, 3.8) is 0 Å². The lowest BCUT2D eigenvalue weighted by Gasteiger charge is -2.43. The van der Waals surface area contributed by atoms with Gasteiger partial charge in [-0.15, -0.1) is 0 Å². The number of allylic oxidation sites excluding steroid dienone is 1. The summed E-state index contributed by atoms with van der Waals surface area (Å²) in [7, 11) is 0. The summed E-state index contributed by atoms with van der Waals surface area (Å²) in [5.74, 6) is 0. The van der Waals surface area contributed by atoms with E-state index < -0.39 is 0 Å². The molecule has 5 aliphatic heterocycles. The molecule has 0 bridgehead atoms. The van der Waals surface area contributed by atoms with Gasteiger partial charge in [-0.2, -0.15) is 4.58 Å². The Labute approximate surface area is 280 Å². The van der Waals surface area contributed by atoms with Crippen LogP contribution in [0.25, 0.3) is 21.5 Å². The minimum atomic E-state index is -0.0328. The second-order valence-electron chi connectivity index (χ2n) is 15.3. The van der Waals surface area contributed by atoms with E-state index in [1.807, 2.05) is 0 Å². The second-order valence-corrected chi connectivity index (χ2v) is 15.3. The van der Waals surface area contributed by atoms with E-state index in [9.17, 15) is 0 Å². The van der Waals surface area contributed by atoms with Crippen LogP contribution in [0.1, 0.15) is 96.6 Å². The summed E-state index contributed by atoms with van der Waals surface area (Å²) in [5, 5.41) is 5.47. The average Bonchev–Trinajstić information content (AvgIpc) is 3.52. The Kier molecular flexibility index (Phi) is 6.84. The minimum absolute atomic E-state index is 0.0326. The Morgan fingerprint density at radius 1 is 0.745 bits per heavy atom. The third-order valence-corrected chi connectivity index (χ3v) is 12.5. The number of fused-ring (bicyclic) bond motifs is 12. The SMILES string of the molecule is CCCCCC1(C)C2=[N+](CCC3OC4CCN5C(=C4C=C23)C(C)(CCCC)c2ccc3ccccc3c25)c2c1ccc1ccccc21. The lowest BCUT2D eigenvalue weighted by Crippen LogP contribution is -2.48. The Hall–Kier alpha value is -3.69. The fourth-order valence-electron chi connectivity index (χ4n) is 10.3. The predicted octanol–water partition coefficient (Wildman–Crippen LogP) is 10.7. The van der Waals surface area contributed by atoms with Crippen LogP contribution in [-0.2, 0) is 15.6 Å². The highest BCUT2D eigenvalue weighted by molar-refractivity contribution is 6.12. The smallest absolute Gasteiger partial charge is 0.217 e. The number of rotatable bonds is 7. The Morgan fingerprint density at radius 3 is 2.23 bits per heavy atom. The lowest BCUT2D eigenvalue weighted by atomic mass is 9.69. The van der Waals surface area contributed by atoms with Crippen molar-refractivity contribution in [3.8, 4) is 0 Å². The molecular weight excluding hydrogens is 572 g/mol. The second kappa shape index (κ2) is 10.9. The maximum Gasteiger partial charge on any atom is 0.217 e. The Balaban J connectivity index is 1.28. The molecule has 3 nitrogen and oxygen atoms in total. The van der Waals surface area contributed by atoms with Crippen LogP contribution in [-0.4, -0.2) is 35.6 Å². The van der Waals surface area contributed by atoms with E-state index in [0.29, 0.717) is 0 Å². The molecule has 0 fully saturated rings. The summed E-state index contributed by atoms with van der Waals surface area (Å²) in [6, 6.07) is 27.7. The number of benzene rings is 4. The first-order valence-electron chi connectivity index (χ1n) is 18.6. The molecule has 0 spiro atoms. The van der Waals surface area contributed by atoms with E-state index in [4.69, 9.17) is 4.74 Å². The summed E-state index contributed by atoms with van der Waals surface area (Å²) in [5.41, 5.74) is 11.8. The summed E-state index contributed by atoms with van der Waals surface area (Å²) in [6.07, 6.45) is 13.6. The average molecular weight is 622 g/mol. The van der Waals surface area contributed by atoms with Gasteiger partial charge in [-0.25, -0.2) is 0 Å². The maximum absolute atomic E-state index is 7.30. The molecule has 0 saturated heterocycles. The first-order chi connectivity index (χ1) is 23.0. The van der Waals surface area contributed by atoms with Crippen LogP contribution in [0.3, 0.4) is 0 Å². The van der Waals surface area contributed by atoms with Gasteiger partial charge in [-0.3, -0.25) is 0 Å². The molecule has 0 radical (unpaired) electrons. The van der Waals surface area contributed by atoms with Crippen LogP contribution in [0, 0.1) is 0 Å². The van der Waals surface area contributed by atoms with Crippen molar-refractivity contribution in [2.75, 3.05) is 18.0 Å². The quantitative estimate of drug-likeness (QED) is 0.151. The van der Waals surface area contributed by atoms with Crippen LogP contribution in [0.15, 0.2) is 95.7 Å². The maximum atomic E-state index is 7.30. The molecule has 4 unspecified atom stereocenters. The first-order valence-corrected chi connectivity index (χ1v) is 18.6. The number of nitrogens with zero attached hydrogens (tertiary/aromatic N) is 2. The number of hydrogen-bond acceptors (Lipinski definition) is 2. The zero-order valence-electron chi connectivity index (χ0n) is 28.7. The van der Waals surface area contributed by atoms with Gasteiger partial charge in [0.2, 0.25) is 5.69 Å². The normalized spacial score (nSPS) is 27.4. The molecule has 240 valence electrons. The van der Waals surface area contributed by atoms with Crippen molar-refractivity contribution < 1.29 is 9.31 Å². The van der Waals surface area contributed by atoms with Crippen molar-refractivity contribution >= 4 is 38.6 Å². The van der Waals surface area contributed by atoms with Crippen LogP contribution in [0.4, 0.5) is 11.4 Å². The first kappa shape index (κ1) is 29.4. The molecule has 4 atom stereocenters. The fraction of sp³-hybridized carbons (Fsp3) is 0.432. The third-order valence-electron chi connectivity index (χ3n) is 12.5. The van der Waals surface area contributed by atoms with Gasteiger partial charge in [-0.05, 0) is 61.6 Å². The van der Waals surface area contributed by atoms with E-state index in [1.54, 1.807) is 0 Å². The van der Waals surface area contributed by atoms with Crippen molar-refractivity contribution in [3.05, 3.63) is 107 Å². The minimum Gasteiger partial charge on any atom is -0.365 e. The molecular formula is C44H49N2O+. The van der Waals surface area contributed by atoms with Crippen molar-refractivity contribution in [1.82, 2.24) is 0 Å². The van der Waals surface area contributed by atoms with Gasteiger partial charge in [0, 0.05) is 46.2 Å². The number of unbranched alkanes of at least 4 members (excludes halogenated alkanes) is 3. The summed E-state index contributed by atoms with van der Waals surface area (Å²) < 4.78 is 10.0. The zero-order chi connectivity index (χ0) is 31.9. The topological polar surface area (TPSA) is 15.5 Å². The highest BCUT2D eigenvalue weighted by Gasteiger charge is 2.56. The largest absolute Gasteiger partial charge is 0.365 e. The van der Waals surface area contributed by atoms with E-state index >= 15 is 0 Å². The summed E-state index contributed by atoms with van der Waals surface area (Å²) in [6.45, 7) is 11.8. The number of ether oxygens (including phenoxy) is 1. The van der Waals surface area contributed by atoms with Crippen LogP contribution < -0.4 is 4.90 Å². The monoisotopic (exact) mass is 621 g/mol. The number of anilines is 1.